The number of carbonyl (C=O) groups excluding carboxylic acids is 1. The van der Waals surface area contributed by atoms with Crippen LogP contribution in [0.1, 0.15) is 33.1 Å². The van der Waals surface area contributed by atoms with Gasteiger partial charge in [0, 0.05) is 19.8 Å². The molecule has 2 aliphatic rings. The van der Waals surface area contributed by atoms with E-state index in [0.717, 1.165) is 39.0 Å². The molecular weight excluding hydrogens is 216 g/mol. The first-order chi connectivity index (χ1) is 8.16. The van der Waals surface area contributed by atoms with Crippen molar-refractivity contribution < 1.29 is 9.53 Å². The van der Waals surface area contributed by atoms with Crippen molar-refractivity contribution in [2.45, 2.75) is 39.3 Å². The van der Waals surface area contributed by atoms with Crippen molar-refractivity contribution in [3.05, 3.63) is 0 Å². The highest BCUT2D eigenvalue weighted by atomic mass is 16.5. The maximum atomic E-state index is 11.8. The Bertz CT molecular complexity index is 262. The summed E-state index contributed by atoms with van der Waals surface area (Å²) in [6.07, 6.45) is 3.55. The number of nitrogens with zero attached hydrogens (tertiary/aromatic N) is 1. The second-order valence-electron chi connectivity index (χ2n) is 5.63. The summed E-state index contributed by atoms with van der Waals surface area (Å²) in [5, 5.41) is 3.31. The number of hydrogen-bond donors (Lipinski definition) is 1. The molecule has 0 aromatic carbocycles. The van der Waals surface area contributed by atoms with Crippen LogP contribution < -0.4 is 5.32 Å². The van der Waals surface area contributed by atoms with Crippen LogP contribution in [-0.2, 0) is 9.53 Å². The Balaban J connectivity index is 1.80. The number of ether oxygens (including phenoxy) is 1. The van der Waals surface area contributed by atoms with Gasteiger partial charge in [0.2, 0.25) is 5.91 Å². The summed E-state index contributed by atoms with van der Waals surface area (Å²) in [5.74, 6) is 1.54. The summed E-state index contributed by atoms with van der Waals surface area (Å²) in [6.45, 7) is 7.58. The molecule has 2 heterocycles. The number of rotatable bonds is 5. The van der Waals surface area contributed by atoms with Crippen molar-refractivity contribution in [2.24, 2.45) is 11.8 Å². The van der Waals surface area contributed by atoms with Crippen LogP contribution in [0.25, 0.3) is 0 Å². The van der Waals surface area contributed by atoms with E-state index in [9.17, 15) is 4.79 Å². The SMILES string of the molecule is CC(C)CC1NCC(=O)N1CCC1CCOC1. The molecule has 0 spiro atoms. The van der Waals surface area contributed by atoms with Gasteiger partial charge in [-0.2, -0.15) is 0 Å². The number of nitrogens with one attached hydrogen (secondary N) is 1. The molecule has 4 heteroatoms. The first kappa shape index (κ1) is 12.8. The van der Waals surface area contributed by atoms with Crippen LogP contribution in [0.15, 0.2) is 0 Å². The largest absolute Gasteiger partial charge is 0.381 e. The van der Waals surface area contributed by atoms with E-state index in [0.29, 0.717) is 18.4 Å². The second-order valence-corrected chi connectivity index (χ2v) is 5.63. The van der Waals surface area contributed by atoms with Crippen LogP contribution in [0.3, 0.4) is 0 Å². The Morgan fingerprint density at radius 1 is 1.53 bits per heavy atom. The van der Waals surface area contributed by atoms with Crippen molar-refractivity contribution >= 4 is 5.91 Å². The maximum absolute atomic E-state index is 11.8. The second kappa shape index (κ2) is 5.83. The first-order valence-corrected chi connectivity index (χ1v) is 6.77. The van der Waals surface area contributed by atoms with Crippen LogP contribution >= 0.6 is 0 Å². The Labute approximate surface area is 104 Å². The molecule has 2 unspecified atom stereocenters. The Hall–Kier alpha value is -0.610. The minimum Gasteiger partial charge on any atom is -0.381 e. The molecule has 0 aromatic rings. The van der Waals surface area contributed by atoms with Crippen molar-refractivity contribution in [3.8, 4) is 0 Å². The van der Waals surface area contributed by atoms with E-state index in [1.807, 2.05) is 4.90 Å². The fourth-order valence-corrected chi connectivity index (χ4v) is 2.66. The number of carbonyl (C=O) groups is 1. The van der Waals surface area contributed by atoms with Crippen LogP contribution in [-0.4, -0.2) is 43.3 Å². The average Bonchev–Trinajstić information content (AvgIpc) is 2.87. The molecule has 0 radical (unpaired) electrons. The van der Waals surface area contributed by atoms with Crippen LogP contribution in [0.5, 0.6) is 0 Å². The third-order valence-corrected chi connectivity index (χ3v) is 3.68. The van der Waals surface area contributed by atoms with Gasteiger partial charge in [0.25, 0.3) is 0 Å². The summed E-state index contributed by atoms with van der Waals surface area (Å²) in [4.78, 5) is 13.8. The standard InChI is InChI=1S/C13H24N2O2/c1-10(2)7-12-14-8-13(16)15(12)5-3-11-4-6-17-9-11/h10-12,14H,3-9H2,1-2H3. The highest BCUT2D eigenvalue weighted by Gasteiger charge is 2.31. The quantitative estimate of drug-likeness (QED) is 0.785. The molecule has 0 saturated carbocycles. The van der Waals surface area contributed by atoms with Gasteiger partial charge >= 0.3 is 0 Å². The zero-order chi connectivity index (χ0) is 12.3. The number of hydrogen-bond acceptors (Lipinski definition) is 3. The molecule has 2 fully saturated rings. The van der Waals surface area contributed by atoms with Gasteiger partial charge < -0.3 is 9.64 Å². The minimum atomic E-state index is 0.254. The lowest BCUT2D eigenvalue weighted by Gasteiger charge is -2.26. The van der Waals surface area contributed by atoms with Crippen LogP contribution in [0.4, 0.5) is 0 Å². The fourth-order valence-electron chi connectivity index (χ4n) is 2.66. The van der Waals surface area contributed by atoms with Gasteiger partial charge in [-0.25, -0.2) is 0 Å². The predicted octanol–water partition coefficient (Wildman–Crippen LogP) is 1.22. The molecule has 2 aliphatic heterocycles. The molecule has 17 heavy (non-hydrogen) atoms. The molecule has 2 atom stereocenters. The molecule has 1 N–H and O–H groups in total. The van der Waals surface area contributed by atoms with Crippen LogP contribution in [0.2, 0.25) is 0 Å². The van der Waals surface area contributed by atoms with Gasteiger partial charge in [-0.15, -0.1) is 0 Å². The molecule has 1 amide bonds. The van der Waals surface area contributed by atoms with E-state index in [1.54, 1.807) is 0 Å². The lowest BCUT2D eigenvalue weighted by atomic mass is 10.0. The fraction of sp³-hybridized carbons (Fsp3) is 0.923. The summed E-state index contributed by atoms with van der Waals surface area (Å²) < 4.78 is 5.37. The Morgan fingerprint density at radius 3 is 3.00 bits per heavy atom. The van der Waals surface area contributed by atoms with E-state index in [1.165, 1.54) is 0 Å². The van der Waals surface area contributed by atoms with Gasteiger partial charge in [0.1, 0.15) is 0 Å². The first-order valence-electron chi connectivity index (χ1n) is 6.77. The van der Waals surface area contributed by atoms with Crippen molar-refractivity contribution in [1.29, 1.82) is 0 Å². The highest BCUT2D eigenvalue weighted by Crippen LogP contribution is 2.20. The third-order valence-electron chi connectivity index (χ3n) is 3.68. The molecule has 0 aromatic heterocycles. The monoisotopic (exact) mass is 240 g/mol. The summed E-state index contributed by atoms with van der Waals surface area (Å²) in [6, 6.07) is 0. The van der Waals surface area contributed by atoms with Gasteiger partial charge in [-0.1, -0.05) is 13.8 Å². The van der Waals surface area contributed by atoms with Gasteiger partial charge in [0.05, 0.1) is 12.7 Å². The van der Waals surface area contributed by atoms with Crippen molar-refractivity contribution in [1.82, 2.24) is 10.2 Å². The molecule has 2 rings (SSSR count). The smallest absolute Gasteiger partial charge is 0.237 e. The summed E-state index contributed by atoms with van der Waals surface area (Å²) in [5.41, 5.74) is 0. The Morgan fingerprint density at radius 2 is 2.35 bits per heavy atom. The van der Waals surface area contributed by atoms with E-state index in [-0.39, 0.29) is 12.1 Å². The average molecular weight is 240 g/mol. The zero-order valence-corrected chi connectivity index (χ0v) is 10.9. The molecular formula is C13H24N2O2. The van der Waals surface area contributed by atoms with E-state index in [2.05, 4.69) is 19.2 Å². The summed E-state index contributed by atoms with van der Waals surface area (Å²) in [7, 11) is 0. The number of amides is 1. The predicted molar refractivity (Wildman–Crippen MR) is 66.5 cm³/mol. The maximum Gasteiger partial charge on any atom is 0.237 e. The zero-order valence-electron chi connectivity index (χ0n) is 10.9. The van der Waals surface area contributed by atoms with Crippen molar-refractivity contribution in [3.63, 3.8) is 0 Å². The minimum absolute atomic E-state index is 0.254. The van der Waals surface area contributed by atoms with E-state index in [4.69, 9.17) is 4.74 Å². The lowest BCUT2D eigenvalue weighted by Crippen LogP contribution is -2.39. The molecule has 4 nitrogen and oxygen atoms in total. The van der Waals surface area contributed by atoms with E-state index >= 15 is 0 Å². The van der Waals surface area contributed by atoms with E-state index < -0.39 is 0 Å². The summed E-state index contributed by atoms with van der Waals surface area (Å²) >= 11 is 0. The van der Waals surface area contributed by atoms with Gasteiger partial charge in [-0.3, -0.25) is 10.1 Å². The van der Waals surface area contributed by atoms with Gasteiger partial charge in [-0.05, 0) is 31.1 Å². The molecule has 0 bridgehead atoms. The topological polar surface area (TPSA) is 41.6 Å². The molecule has 2 saturated heterocycles. The highest BCUT2D eigenvalue weighted by molar-refractivity contribution is 5.80. The Kier molecular flexibility index (Phi) is 4.40. The van der Waals surface area contributed by atoms with Crippen molar-refractivity contribution in [2.75, 3.05) is 26.3 Å². The molecule has 98 valence electrons. The van der Waals surface area contributed by atoms with Gasteiger partial charge in [0.15, 0.2) is 0 Å². The lowest BCUT2D eigenvalue weighted by molar-refractivity contribution is -0.128. The molecule has 0 aliphatic carbocycles. The normalized spacial score (nSPS) is 29.6. The third kappa shape index (κ3) is 3.42. The van der Waals surface area contributed by atoms with Crippen LogP contribution in [0, 0.1) is 11.8 Å².